The largest absolute Gasteiger partial charge is 0.383 e. The molecule has 0 aromatic carbocycles. The number of methoxy groups -OCH3 is 1. The molecule has 78 valence electrons. The molecule has 0 aliphatic heterocycles. The fourth-order valence-corrected chi connectivity index (χ4v) is 0.926. The van der Waals surface area contributed by atoms with Gasteiger partial charge in [0.05, 0.1) is 6.61 Å². The Bertz CT molecular complexity index is 141. The third kappa shape index (κ3) is 9.52. The first-order chi connectivity index (χ1) is 6.16. The molecule has 0 saturated carbocycles. The van der Waals surface area contributed by atoms with Gasteiger partial charge in [-0.05, 0) is 26.3 Å². The first-order valence-corrected chi connectivity index (χ1v) is 4.73. The van der Waals surface area contributed by atoms with Crippen molar-refractivity contribution >= 4 is 17.3 Å². The zero-order valence-electron chi connectivity index (χ0n) is 8.59. The summed E-state index contributed by atoms with van der Waals surface area (Å²) in [4.78, 5) is 2.10. The molecule has 13 heavy (non-hydrogen) atoms. The maximum absolute atomic E-state index is 5.02. The number of likely N-dealkylation sites (N-methyl/N-ethyl adjacent to an activating group) is 1. The van der Waals surface area contributed by atoms with Crippen molar-refractivity contribution < 1.29 is 4.74 Å². The molecule has 0 aliphatic rings. The minimum Gasteiger partial charge on any atom is -0.383 e. The van der Waals surface area contributed by atoms with Gasteiger partial charge >= 0.3 is 0 Å². The van der Waals surface area contributed by atoms with Crippen LogP contribution in [0.4, 0.5) is 0 Å². The molecule has 0 saturated heterocycles. The molecular weight excluding hydrogens is 186 g/mol. The molecule has 0 radical (unpaired) electrons. The Balaban J connectivity index is 3.20. The molecule has 4 nitrogen and oxygen atoms in total. The quantitative estimate of drug-likeness (QED) is 0.458. The average Bonchev–Trinajstić information content (AvgIpc) is 2.04. The van der Waals surface area contributed by atoms with Crippen molar-refractivity contribution in [3.63, 3.8) is 0 Å². The van der Waals surface area contributed by atoms with Crippen molar-refractivity contribution in [3.05, 3.63) is 0 Å². The van der Waals surface area contributed by atoms with Crippen LogP contribution in [-0.4, -0.2) is 57.5 Å². The van der Waals surface area contributed by atoms with Crippen LogP contribution in [0, 0.1) is 0 Å². The van der Waals surface area contributed by atoms with Crippen molar-refractivity contribution in [1.29, 1.82) is 0 Å². The summed E-state index contributed by atoms with van der Waals surface area (Å²) in [6.45, 7) is 3.28. The number of hydrogen-bond donors (Lipinski definition) is 2. The third-order valence-electron chi connectivity index (χ3n) is 1.44. The Kier molecular flexibility index (Phi) is 7.97. The lowest BCUT2D eigenvalue weighted by molar-refractivity contribution is 0.204. The van der Waals surface area contributed by atoms with Crippen molar-refractivity contribution in [2.75, 3.05) is 47.4 Å². The number of nitrogens with one attached hydrogen (secondary N) is 2. The molecule has 5 heteroatoms. The third-order valence-corrected chi connectivity index (χ3v) is 1.72. The van der Waals surface area contributed by atoms with Crippen molar-refractivity contribution in [2.45, 2.75) is 0 Å². The summed E-state index contributed by atoms with van der Waals surface area (Å²) in [5.41, 5.74) is 0. The van der Waals surface area contributed by atoms with Crippen LogP contribution >= 0.6 is 12.2 Å². The van der Waals surface area contributed by atoms with E-state index >= 15 is 0 Å². The Hall–Kier alpha value is -0.390. The van der Waals surface area contributed by atoms with E-state index in [1.165, 1.54) is 0 Å². The van der Waals surface area contributed by atoms with Gasteiger partial charge < -0.3 is 20.3 Å². The number of rotatable bonds is 6. The molecule has 0 aromatic rings. The van der Waals surface area contributed by atoms with Gasteiger partial charge in [0.15, 0.2) is 5.11 Å². The van der Waals surface area contributed by atoms with Crippen LogP contribution in [0.5, 0.6) is 0 Å². The van der Waals surface area contributed by atoms with E-state index in [2.05, 4.69) is 15.5 Å². The number of hydrogen-bond acceptors (Lipinski definition) is 3. The van der Waals surface area contributed by atoms with Crippen molar-refractivity contribution in [1.82, 2.24) is 15.5 Å². The second kappa shape index (κ2) is 8.22. The predicted molar refractivity (Wildman–Crippen MR) is 59.0 cm³/mol. The normalized spacial score (nSPS) is 10.2. The predicted octanol–water partition coefficient (Wildman–Crippen LogP) is -0.341. The first kappa shape index (κ1) is 12.6. The zero-order valence-corrected chi connectivity index (χ0v) is 9.41. The van der Waals surface area contributed by atoms with Gasteiger partial charge in [0.1, 0.15) is 0 Å². The van der Waals surface area contributed by atoms with Crippen LogP contribution in [0.2, 0.25) is 0 Å². The van der Waals surface area contributed by atoms with E-state index < -0.39 is 0 Å². The second-order valence-electron chi connectivity index (χ2n) is 2.98. The zero-order chi connectivity index (χ0) is 10.1. The maximum atomic E-state index is 5.02. The van der Waals surface area contributed by atoms with Crippen LogP contribution in [0.25, 0.3) is 0 Å². The van der Waals surface area contributed by atoms with Crippen LogP contribution in [0.3, 0.4) is 0 Å². The SMILES string of the molecule is COCCNC(=S)NCCN(C)C. The molecule has 0 heterocycles. The van der Waals surface area contributed by atoms with Crippen LogP contribution in [0.1, 0.15) is 0 Å². The molecule has 2 N–H and O–H groups in total. The summed E-state index contributed by atoms with van der Waals surface area (Å²) in [5.74, 6) is 0. The van der Waals surface area contributed by atoms with Crippen molar-refractivity contribution in [2.24, 2.45) is 0 Å². The molecule has 0 amide bonds. The van der Waals surface area contributed by atoms with Gasteiger partial charge in [-0.25, -0.2) is 0 Å². The fraction of sp³-hybridized carbons (Fsp3) is 0.875. The number of ether oxygens (including phenoxy) is 1. The van der Waals surface area contributed by atoms with Gasteiger partial charge in [-0.3, -0.25) is 0 Å². The standard InChI is InChI=1S/C8H19N3OS/c1-11(2)6-4-9-8(13)10-5-7-12-3/h4-7H2,1-3H3,(H2,9,10,13). The highest BCUT2D eigenvalue weighted by Crippen LogP contribution is 1.72. The van der Waals surface area contributed by atoms with E-state index in [0.29, 0.717) is 11.7 Å². The lowest BCUT2D eigenvalue weighted by Crippen LogP contribution is -2.39. The van der Waals surface area contributed by atoms with E-state index in [1.54, 1.807) is 7.11 Å². The van der Waals surface area contributed by atoms with E-state index in [-0.39, 0.29) is 0 Å². The monoisotopic (exact) mass is 205 g/mol. The molecule has 0 spiro atoms. The van der Waals surface area contributed by atoms with Gasteiger partial charge in [-0.2, -0.15) is 0 Å². The molecule has 0 atom stereocenters. The maximum Gasteiger partial charge on any atom is 0.166 e. The molecule has 0 rings (SSSR count). The molecule has 0 aromatic heterocycles. The Labute approximate surface area is 85.6 Å². The fourth-order valence-electron chi connectivity index (χ4n) is 0.722. The molecule has 0 bridgehead atoms. The van der Waals surface area contributed by atoms with Gasteiger partial charge in [-0.1, -0.05) is 0 Å². The topological polar surface area (TPSA) is 36.5 Å². The van der Waals surface area contributed by atoms with Gasteiger partial charge in [0, 0.05) is 26.7 Å². The van der Waals surface area contributed by atoms with E-state index in [0.717, 1.165) is 19.6 Å². The second-order valence-corrected chi connectivity index (χ2v) is 3.39. The Morgan fingerprint density at radius 3 is 2.46 bits per heavy atom. The van der Waals surface area contributed by atoms with Crippen LogP contribution in [-0.2, 0) is 4.74 Å². The van der Waals surface area contributed by atoms with Crippen molar-refractivity contribution in [3.8, 4) is 0 Å². The van der Waals surface area contributed by atoms with E-state index in [9.17, 15) is 0 Å². The average molecular weight is 205 g/mol. The molecule has 0 fully saturated rings. The van der Waals surface area contributed by atoms with E-state index in [4.69, 9.17) is 17.0 Å². The van der Waals surface area contributed by atoms with Gasteiger partial charge in [-0.15, -0.1) is 0 Å². The number of nitrogens with zero attached hydrogens (tertiary/aromatic N) is 1. The minimum absolute atomic E-state index is 0.676. The minimum atomic E-state index is 0.676. The first-order valence-electron chi connectivity index (χ1n) is 4.32. The molecular formula is C8H19N3OS. The highest BCUT2D eigenvalue weighted by atomic mass is 32.1. The summed E-state index contributed by atoms with van der Waals surface area (Å²) in [6.07, 6.45) is 0. The summed E-state index contributed by atoms with van der Waals surface area (Å²) < 4.78 is 4.88. The van der Waals surface area contributed by atoms with E-state index in [1.807, 2.05) is 14.1 Å². The summed E-state index contributed by atoms with van der Waals surface area (Å²) in [7, 11) is 5.73. The summed E-state index contributed by atoms with van der Waals surface area (Å²) in [5, 5.41) is 6.82. The lowest BCUT2D eigenvalue weighted by Gasteiger charge is -2.12. The van der Waals surface area contributed by atoms with Crippen LogP contribution < -0.4 is 10.6 Å². The molecule has 0 unspecified atom stereocenters. The summed E-state index contributed by atoms with van der Waals surface area (Å²) >= 11 is 5.02. The smallest absolute Gasteiger partial charge is 0.166 e. The van der Waals surface area contributed by atoms with Gasteiger partial charge in [0.2, 0.25) is 0 Å². The number of thiocarbonyl (C=S) groups is 1. The van der Waals surface area contributed by atoms with Crippen LogP contribution in [0.15, 0.2) is 0 Å². The summed E-state index contributed by atoms with van der Waals surface area (Å²) in [6, 6.07) is 0. The molecule has 0 aliphatic carbocycles. The lowest BCUT2D eigenvalue weighted by atomic mass is 10.6. The Morgan fingerprint density at radius 1 is 1.31 bits per heavy atom. The van der Waals surface area contributed by atoms with Gasteiger partial charge in [0.25, 0.3) is 0 Å². The highest BCUT2D eigenvalue weighted by molar-refractivity contribution is 7.80. The Morgan fingerprint density at radius 2 is 1.92 bits per heavy atom. The highest BCUT2D eigenvalue weighted by Gasteiger charge is 1.94.